The summed E-state index contributed by atoms with van der Waals surface area (Å²) in [7, 11) is 0. The van der Waals surface area contributed by atoms with Crippen LogP contribution in [0.1, 0.15) is 46.5 Å². The van der Waals surface area contributed by atoms with Crippen LogP contribution in [0.3, 0.4) is 0 Å². The van der Waals surface area contributed by atoms with Crippen LogP contribution in [0.4, 0.5) is 0 Å². The molecular formula is C11H18O2. The Bertz CT molecular complexity index is 221. The molecule has 0 amide bonds. The fraction of sp³-hybridized carbons (Fsp3) is 0.727. The second kappa shape index (κ2) is 3.95. The summed E-state index contributed by atoms with van der Waals surface area (Å²) < 4.78 is 5.27. The zero-order valence-electron chi connectivity index (χ0n) is 8.72. The van der Waals surface area contributed by atoms with Crippen molar-refractivity contribution in [3.8, 4) is 0 Å². The van der Waals surface area contributed by atoms with Gasteiger partial charge in [0.2, 0.25) is 0 Å². The summed E-state index contributed by atoms with van der Waals surface area (Å²) in [5, 5.41) is 0. The van der Waals surface area contributed by atoms with Crippen LogP contribution >= 0.6 is 0 Å². The minimum absolute atomic E-state index is 0.132. The second-order valence-electron chi connectivity index (χ2n) is 4.48. The SMILES string of the molecule is CC(C)(C)OC(=O)C1=CCCCC1. The highest BCUT2D eigenvalue weighted by atomic mass is 16.6. The molecule has 0 atom stereocenters. The molecule has 0 spiro atoms. The fourth-order valence-electron chi connectivity index (χ4n) is 1.37. The average molecular weight is 182 g/mol. The number of hydrogen-bond acceptors (Lipinski definition) is 2. The van der Waals surface area contributed by atoms with Crippen LogP contribution in [0, 0.1) is 0 Å². The maximum absolute atomic E-state index is 11.5. The molecule has 0 unspecified atom stereocenters. The highest BCUT2D eigenvalue weighted by Gasteiger charge is 2.20. The van der Waals surface area contributed by atoms with Crippen molar-refractivity contribution in [2.24, 2.45) is 0 Å². The molecule has 1 rings (SSSR count). The van der Waals surface area contributed by atoms with Crippen LogP contribution in [0.5, 0.6) is 0 Å². The van der Waals surface area contributed by atoms with Crippen molar-refractivity contribution in [1.29, 1.82) is 0 Å². The minimum atomic E-state index is -0.366. The van der Waals surface area contributed by atoms with Gasteiger partial charge in [-0.2, -0.15) is 0 Å². The van der Waals surface area contributed by atoms with Gasteiger partial charge in [0, 0.05) is 5.57 Å². The summed E-state index contributed by atoms with van der Waals surface area (Å²) in [6.07, 6.45) is 6.23. The number of rotatable bonds is 1. The zero-order valence-corrected chi connectivity index (χ0v) is 8.72. The minimum Gasteiger partial charge on any atom is -0.457 e. The highest BCUT2D eigenvalue weighted by molar-refractivity contribution is 5.88. The lowest BCUT2D eigenvalue weighted by Gasteiger charge is -2.21. The number of esters is 1. The Morgan fingerprint density at radius 2 is 2.08 bits per heavy atom. The third-order valence-corrected chi connectivity index (χ3v) is 1.95. The van der Waals surface area contributed by atoms with E-state index in [2.05, 4.69) is 0 Å². The molecule has 0 fully saturated rings. The van der Waals surface area contributed by atoms with Crippen LogP contribution in [0.15, 0.2) is 11.6 Å². The van der Waals surface area contributed by atoms with Gasteiger partial charge >= 0.3 is 5.97 Å². The molecule has 0 aromatic carbocycles. The van der Waals surface area contributed by atoms with Gasteiger partial charge in [0.25, 0.3) is 0 Å². The van der Waals surface area contributed by atoms with Gasteiger partial charge in [-0.25, -0.2) is 4.79 Å². The normalized spacial score (nSPS) is 17.9. The average Bonchev–Trinajstić information content (AvgIpc) is 2.03. The van der Waals surface area contributed by atoms with E-state index < -0.39 is 0 Å². The lowest BCUT2D eigenvalue weighted by atomic mass is 9.99. The number of carbonyl (C=O) groups is 1. The first-order valence-corrected chi connectivity index (χ1v) is 4.91. The molecule has 0 saturated heterocycles. The molecule has 13 heavy (non-hydrogen) atoms. The van der Waals surface area contributed by atoms with Crippen LogP contribution in [-0.2, 0) is 9.53 Å². The van der Waals surface area contributed by atoms with E-state index in [0.717, 1.165) is 24.8 Å². The molecule has 0 heterocycles. The van der Waals surface area contributed by atoms with Crippen molar-refractivity contribution in [3.63, 3.8) is 0 Å². The summed E-state index contributed by atoms with van der Waals surface area (Å²) in [4.78, 5) is 11.5. The lowest BCUT2D eigenvalue weighted by molar-refractivity contribution is -0.150. The van der Waals surface area contributed by atoms with Crippen LogP contribution in [0.25, 0.3) is 0 Å². The van der Waals surface area contributed by atoms with Gasteiger partial charge in [-0.05, 0) is 46.5 Å². The molecule has 0 bridgehead atoms. The molecule has 74 valence electrons. The smallest absolute Gasteiger partial charge is 0.334 e. The van der Waals surface area contributed by atoms with E-state index in [9.17, 15) is 4.79 Å². The standard InChI is InChI=1S/C11H18O2/c1-11(2,3)13-10(12)9-7-5-4-6-8-9/h7H,4-6,8H2,1-3H3. The zero-order chi connectivity index (χ0) is 9.90. The largest absolute Gasteiger partial charge is 0.457 e. The number of ether oxygens (including phenoxy) is 1. The molecule has 1 aliphatic carbocycles. The van der Waals surface area contributed by atoms with E-state index in [1.807, 2.05) is 26.8 Å². The Balaban J connectivity index is 2.52. The molecule has 2 heteroatoms. The molecule has 0 aromatic heterocycles. The summed E-state index contributed by atoms with van der Waals surface area (Å²) in [5.74, 6) is -0.132. The third-order valence-electron chi connectivity index (χ3n) is 1.95. The first-order chi connectivity index (χ1) is 5.99. The van der Waals surface area contributed by atoms with E-state index in [4.69, 9.17) is 4.74 Å². The first kappa shape index (κ1) is 10.3. The monoisotopic (exact) mass is 182 g/mol. The molecule has 0 radical (unpaired) electrons. The van der Waals surface area contributed by atoms with Gasteiger partial charge in [-0.15, -0.1) is 0 Å². The fourth-order valence-corrected chi connectivity index (χ4v) is 1.37. The summed E-state index contributed by atoms with van der Waals surface area (Å²) in [6.45, 7) is 5.69. The van der Waals surface area contributed by atoms with E-state index in [1.165, 1.54) is 6.42 Å². The topological polar surface area (TPSA) is 26.3 Å². The Kier molecular flexibility index (Phi) is 3.12. The van der Waals surface area contributed by atoms with Crippen LogP contribution in [-0.4, -0.2) is 11.6 Å². The first-order valence-electron chi connectivity index (χ1n) is 4.91. The van der Waals surface area contributed by atoms with Crippen molar-refractivity contribution in [2.75, 3.05) is 0 Å². The molecule has 0 N–H and O–H groups in total. The van der Waals surface area contributed by atoms with Crippen molar-refractivity contribution in [1.82, 2.24) is 0 Å². The van der Waals surface area contributed by atoms with E-state index in [-0.39, 0.29) is 11.6 Å². The van der Waals surface area contributed by atoms with Gasteiger partial charge in [0.1, 0.15) is 5.60 Å². The van der Waals surface area contributed by atoms with Gasteiger partial charge in [-0.1, -0.05) is 6.08 Å². The van der Waals surface area contributed by atoms with Crippen molar-refractivity contribution in [3.05, 3.63) is 11.6 Å². The molecular weight excluding hydrogens is 164 g/mol. The molecule has 0 saturated carbocycles. The third kappa shape index (κ3) is 3.62. The Hall–Kier alpha value is -0.790. The number of carbonyl (C=O) groups excluding carboxylic acids is 1. The van der Waals surface area contributed by atoms with E-state index in [0.29, 0.717) is 0 Å². The number of allylic oxidation sites excluding steroid dienone is 1. The van der Waals surface area contributed by atoms with Gasteiger partial charge in [0.05, 0.1) is 0 Å². The Morgan fingerprint density at radius 3 is 2.54 bits per heavy atom. The maximum Gasteiger partial charge on any atom is 0.334 e. The molecule has 1 aliphatic rings. The summed E-state index contributed by atoms with van der Waals surface area (Å²) in [6, 6.07) is 0. The number of hydrogen-bond donors (Lipinski definition) is 0. The lowest BCUT2D eigenvalue weighted by Crippen LogP contribution is -2.25. The van der Waals surface area contributed by atoms with Crippen molar-refractivity contribution >= 4 is 5.97 Å². The molecule has 2 nitrogen and oxygen atoms in total. The Labute approximate surface area is 80.0 Å². The van der Waals surface area contributed by atoms with Crippen molar-refractivity contribution < 1.29 is 9.53 Å². The molecule has 0 aromatic rings. The van der Waals surface area contributed by atoms with Gasteiger partial charge in [0.15, 0.2) is 0 Å². The van der Waals surface area contributed by atoms with Crippen LogP contribution in [0.2, 0.25) is 0 Å². The second-order valence-corrected chi connectivity index (χ2v) is 4.48. The summed E-state index contributed by atoms with van der Waals surface area (Å²) >= 11 is 0. The summed E-state index contributed by atoms with van der Waals surface area (Å²) in [5.41, 5.74) is 0.496. The van der Waals surface area contributed by atoms with Crippen LogP contribution < -0.4 is 0 Å². The van der Waals surface area contributed by atoms with E-state index in [1.54, 1.807) is 0 Å². The predicted molar refractivity (Wildman–Crippen MR) is 52.4 cm³/mol. The van der Waals surface area contributed by atoms with Gasteiger partial charge < -0.3 is 4.74 Å². The van der Waals surface area contributed by atoms with E-state index >= 15 is 0 Å². The highest BCUT2D eigenvalue weighted by Crippen LogP contribution is 2.20. The van der Waals surface area contributed by atoms with Gasteiger partial charge in [-0.3, -0.25) is 0 Å². The maximum atomic E-state index is 11.5. The Morgan fingerprint density at radius 1 is 1.38 bits per heavy atom. The predicted octanol–water partition coefficient (Wildman–Crippen LogP) is 2.83. The molecule has 0 aliphatic heterocycles. The van der Waals surface area contributed by atoms with Crippen molar-refractivity contribution in [2.45, 2.75) is 52.1 Å². The quantitative estimate of drug-likeness (QED) is 0.583.